The van der Waals surface area contributed by atoms with E-state index in [4.69, 9.17) is 49.9 Å². The zero-order valence-electron chi connectivity index (χ0n) is 48.7. The number of rotatable bonds is 25. The van der Waals surface area contributed by atoms with Crippen LogP contribution in [-0.4, -0.2) is 112 Å². The van der Waals surface area contributed by atoms with Crippen LogP contribution >= 0.6 is 0 Å². The van der Waals surface area contributed by atoms with Gasteiger partial charge in [0, 0.05) is 90.1 Å². The number of carbonyl (C=O) groups excluding carboxylic acids is 8. The number of carbonyl (C=O) groups is 8. The van der Waals surface area contributed by atoms with Gasteiger partial charge in [-0.3, -0.25) is 24.0 Å². The van der Waals surface area contributed by atoms with Crippen LogP contribution in [0.2, 0.25) is 0 Å². The van der Waals surface area contributed by atoms with Crippen molar-refractivity contribution in [2.75, 3.05) is 68.6 Å². The summed E-state index contributed by atoms with van der Waals surface area (Å²) in [6.45, 7) is 7.24. The molecule has 6 rings (SSSR count). The van der Waals surface area contributed by atoms with Gasteiger partial charge in [0.25, 0.3) is 18.3 Å². The van der Waals surface area contributed by atoms with Gasteiger partial charge in [-0.1, -0.05) is 32.7 Å². The maximum absolute atomic E-state index is 13.4. The Labute approximate surface area is 572 Å². The van der Waals surface area contributed by atoms with Crippen LogP contribution in [-0.2, 0) is 63.3 Å². The normalized spacial score (nSPS) is 9.90. The van der Waals surface area contributed by atoms with Gasteiger partial charge in [0.2, 0.25) is 5.91 Å². The van der Waals surface area contributed by atoms with Crippen molar-refractivity contribution < 1.29 is 186 Å². The molecule has 28 heteroatoms. The monoisotopic (exact) mass is 1220 g/mol. The van der Waals surface area contributed by atoms with E-state index in [9.17, 15) is 38.7 Å². The summed E-state index contributed by atoms with van der Waals surface area (Å²) in [5.74, 6) is -2.27. The quantitative estimate of drug-likeness (QED) is 0.00412. The van der Waals surface area contributed by atoms with E-state index in [0.717, 1.165) is 0 Å². The van der Waals surface area contributed by atoms with Gasteiger partial charge >= 0.3 is 121 Å². The van der Waals surface area contributed by atoms with Crippen LogP contribution in [0.3, 0.4) is 0 Å². The Balaban J connectivity index is 0.00000250. The van der Waals surface area contributed by atoms with Crippen LogP contribution in [0.5, 0.6) is 23.0 Å². The molecule has 4 heterocycles. The molecule has 0 aliphatic heterocycles. The minimum absolute atomic E-state index is 0. The van der Waals surface area contributed by atoms with Crippen LogP contribution < -0.4 is 150 Å². The summed E-state index contributed by atoms with van der Waals surface area (Å²) >= 11 is 0. The molecule has 84 heavy (non-hydrogen) atoms. The van der Waals surface area contributed by atoms with Gasteiger partial charge in [0.15, 0.2) is 28.8 Å². The molecule has 0 radical (unpaired) electrons. The number of ether oxygens (including phenoxy) is 6. The summed E-state index contributed by atoms with van der Waals surface area (Å²) in [6, 6.07) is 11.8. The Morgan fingerprint density at radius 1 is 0.619 bits per heavy atom. The minimum Gasteiger partial charge on any atom is -1.00 e. The zero-order chi connectivity index (χ0) is 59.9. The second-order valence-electron chi connectivity index (χ2n) is 17.4. The van der Waals surface area contributed by atoms with E-state index in [-0.39, 0.29) is 201 Å². The second kappa shape index (κ2) is 37.4. The molecule has 442 valence electrons. The van der Waals surface area contributed by atoms with Crippen molar-refractivity contribution in [2.24, 2.45) is 28.2 Å². The number of hydrogen-bond donors (Lipinski definition) is 6. The van der Waals surface area contributed by atoms with Crippen molar-refractivity contribution in [1.29, 1.82) is 0 Å². The van der Waals surface area contributed by atoms with Crippen LogP contribution in [0, 0.1) is 0 Å². The molecule has 0 fully saturated rings. The zero-order valence-corrected chi connectivity index (χ0v) is 53.9. The molecule has 8 N–H and O–H groups in total. The van der Waals surface area contributed by atoms with Crippen molar-refractivity contribution in [3.63, 3.8) is 0 Å². The third kappa shape index (κ3) is 21.9. The SMILES string of the molecule is C.C=CCOC(=O)c1cc(OC)c(O)cc1N.C=CCOC(=O)c1cc(OC)c(OCCCCCC(=O)Nc2cc(C(=O)Nc3cc(C(=O)Cc4cc(C(=O)Nc5cc(C(=O)OC)n(C)c5)n(C)c4)n(C)c3)n(C)c2)cc1N.O=CO[O-].[H-].[K+].[K+]. The van der Waals surface area contributed by atoms with Crippen LogP contribution in [0.15, 0.2) is 98.6 Å². The third-order valence-corrected chi connectivity index (χ3v) is 11.5. The Morgan fingerprint density at radius 3 is 1.61 bits per heavy atom. The molecule has 26 nitrogen and oxygen atoms in total. The largest absolute Gasteiger partial charge is 1.00 e. The summed E-state index contributed by atoms with van der Waals surface area (Å²) < 4.78 is 37.1. The predicted octanol–water partition coefficient (Wildman–Crippen LogP) is -0.214. The maximum atomic E-state index is 13.4. The standard InChI is InChI=1S/C43H50N8O10.C11H13NO4.CH2O3.CH4.2K.H/c1-8-13-61-42(56)30-20-37(58-6)38(21-31(30)44)60-14-11-9-10-12-39(53)45-27-18-34(50(4)23-27)41(55)46-28-17-32(49(3)24-28)36(52)16-26-15-33(48(2)22-26)40(54)47-29-19-35(43(57)59-7)51(5)25-29;1-3-4-16-11(14)7-5-10(15-2)9(13)6-8(7)12;2-1-4-3;;;;/h8,15,17-25H,1,9-14,16,44H2,2-7H3,(H,45,53)(H,46,55)(H,47,54);3,5-6,13H,1,4,12H2,2H3;1,3H;1H4;;;/q;;;;2*+1;-1/p-1. The number of methoxy groups -OCH3 is 3. The average Bonchev–Trinajstić information content (AvgIpc) is 4.45. The number of nitrogens with two attached hydrogens (primary N) is 2. The van der Waals surface area contributed by atoms with Crippen molar-refractivity contribution in [3.05, 3.63) is 138 Å². The molecule has 4 aromatic heterocycles. The number of nitrogens with one attached hydrogen (secondary N) is 3. The van der Waals surface area contributed by atoms with E-state index < -0.39 is 29.7 Å². The van der Waals surface area contributed by atoms with Gasteiger partial charge in [-0.15, -0.1) is 0 Å². The summed E-state index contributed by atoms with van der Waals surface area (Å²) in [4.78, 5) is 99.4. The van der Waals surface area contributed by atoms with Gasteiger partial charge in [0.05, 0.1) is 73.2 Å². The summed E-state index contributed by atoms with van der Waals surface area (Å²) in [7, 11) is 10.8. The Bertz CT molecular complexity index is 3280. The first-order chi connectivity index (χ1) is 38.6. The van der Waals surface area contributed by atoms with Crippen LogP contribution in [0.4, 0.5) is 28.4 Å². The molecule has 6 aromatic rings. The number of aromatic hydroxyl groups is 1. The number of benzene rings is 2. The number of aryl methyl sites for hydroxylation is 4. The van der Waals surface area contributed by atoms with E-state index >= 15 is 0 Å². The van der Waals surface area contributed by atoms with Gasteiger partial charge in [-0.25, -0.2) is 14.4 Å². The Hall–Kier alpha value is -6.97. The second-order valence-corrected chi connectivity index (χ2v) is 17.4. The molecular weight excluding hydrogens is 1150 g/mol. The molecule has 0 aliphatic rings. The average molecular weight is 1220 g/mol. The molecule has 0 saturated heterocycles. The molecule has 0 bridgehead atoms. The number of hydrogen-bond acceptors (Lipinski definition) is 19. The number of esters is 3. The maximum Gasteiger partial charge on any atom is 1.00 e. The number of unbranched alkanes of at least 4 members (excludes halogenated alkanes) is 2. The van der Waals surface area contributed by atoms with E-state index in [2.05, 4.69) is 34.0 Å². The number of Topliss-reactive ketones (excluding diaryl/α,β-unsaturated/α-hetero) is 1. The first-order valence-corrected chi connectivity index (χ1v) is 24.4. The van der Waals surface area contributed by atoms with Crippen LogP contribution in [0.1, 0.15) is 103 Å². The summed E-state index contributed by atoms with van der Waals surface area (Å²) in [5.41, 5.74) is 15.3. The number of anilines is 5. The predicted molar refractivity (Wildman–Crippen MR) is 302 cm³/mol. The first-order valence-electron chi connectivity index (χ1n) is 24.4. The smallest absolute Gasteiger partial charge is 1.00 e. The number of amides is 3. The molecule has 0 spiro atoms. The van der Waals surface area contributed by atoms with Crippen LogP contribution in [0.25, 0.3) is 0 Å². The van der Waals surface area contributed by atoms with E-state index in [0.29, 0.717) is 71.4 Å². The third-order valence-electron chi connectivity index (χ3n) is 11.5. The van der Waals surface area contributed by atoms with Crippen molar-refractivity contribution >= 4 is 76.3 Å². The number of aromatic nitrogens is 4. The van der Waals surface area contributed by atoms with E-state index in [1.165, 1.54) is 63.8 Å². The molecule has 3 amide bonds. The molecular formula is C56H69K2N9O17. The van der Waals surface area contributed by atoms with Crippen molar-refractivity contribution in [1.82, 2.24) is 18.3 Å². The van der Waals surface area contributed by atoms with Gasteiger partial charge < -0.3 is 90.8 Å². The fourth-order valence-electron chi connectivity index (χ4n) is 7.68. The molecule has 0 aliphatic carbocycles. The number of phenolic OH excluding ortho intramolecular Hbond substituents is 1. The fourth-order valence-corrected chi connectivity index (χ4v) is 7.68. The number of ketones is 1. The van der Waals surface area contributed by atoms with E-state index in [1.807, 2.05) is 0 Å². The van der Waals surface area contributed by atoms with Crippen molar-refractivity contribution in [3.8, 4) is 23.0 Å². The van der Waals surface area contributed by atoms with Gasteiger partial charge in [-0.2, -0.15) is 0 Å². The summed E-state index contributed by atoms with van der Waals surface area (Å²) in [6.07, 6.45) is 11.6. The number of phenols is 1. The first kappa shape index (κ1) is 75.0. The topological polar surface area (TPSA) is 352 Å². The molecule has 2 aromatic carbocycles. The Kier molecular flexibility index (Phi) is 33.4. The van der Waals surface area contributed by atoms with Gasteiger partial charge in [-0.05, 0) is 49.1 Å². The molecule has 0 atom stereocenters. The molecule has 0 unspecified atom stereocenters. The van der Waals surface area contributed by atoms with Gasteiger partial charge in [0.1, 0.15) is 30.3 Å². The number of nitrogen functional groups attached to an aromatic ring is 2. The van der Waals surface area contributed by atoms with E-state index in [1.54, 1.807) is 89.4 Å². The van der Waals surface area contributed by atoms with Crippen molar-refractivity contribution in [2.45, 2.75) is 39.5 Å². The Morgan fingerprint density at radius 2 is 1.08 bits per heavy atom. The fraction of sp³-hybridized carbons (Fsp3) is 0.286. The summed E-state index contributed by atoms with van der Waals surface area (Å²) in [5, 5.41) is 26.3. The molecule has 0 saturated carbocycles. The number of nitrogens with zero attached hydrogens (tertiary/aromatic N) is 4. The minimum atomic E-state index is -0.599.